The summed E-state index contributed by atoms with van der Waals surface area (Å²) in [6.45, 7) is 3.33. The third-order valence-electron chi connectivity index (χ3n) is 2.79. The molecule has 0 fully saturated rings. The van der Waals surface area contributed by atoms with Crippen molar-refractivity contribution in [3.05, 3.63) is 46.8 Å². The largest absolute Gasteiger partial charge is 0.455 e. The third kappa shape index (κ3) is 3.67. The third-order valence-corrected chi connectivity index (χ3v) is 3.70. The Morgan fingerprint density at radius 2 is 2.05 bits per heavy atom. The van der Waals surface area contributed by atoms with Crippen LogP contribution in [0, 0.1) is 13.8 Å². The predicted molar refractivity (Wildman–Crippen MR) is 72.9 cm³/mol. The summed E-state index contributed by atoms with van der Waals surface area (Å²) in [5, 5.41) is 8.73. The van der Waals surface area contributed by atoms with E-state index in [1.165, 1.54) is 18.2 Å². The van der Waals surface area contributed by atoms with Crippen molar-refractivity contribution in [2.75, 3.05) is 0 Å². The maximum atomic E-state index is 12.0. The van der Waals surface area contributed by atoms with Gasteiger partial charge in [-0.3, -0.25) is 0 Å². The molecule has 0 saturated carbocycles. The highest BCUT2D eigenvalue weighted by atomic mass is 32.2. The predicted octanol–water partition coefficient (Wildman–Crippen LogP) is 1.30. The number of carbonyl (C=O) groups excluding carboxylic acids is 1. The van der Waals surface area contributed by atoms with Crippen molar-refractivity contribution in [3.8, 4) is 0 Å². The van der Waals surface area contributed by atoms with E-state index in [1.54, 1.807) is 19.9 Å². The lowest BCUT2D eigenvalue weighted by atomic mass is 10.1. The molecule has 2 rings (SSSR count). The molecule has 0 aliphatic carbocycles. The van der Waals surface area contributed by atoms with Crippen LogP contribution in [0.25, 0.3) is 0 Å². The van der Waals surface area contributed by atoms with E-state index in [1.807, 2.05) is 0 Å². The molecule has 0 atom stereocenters. The second-order valence-corrected chi connectivity index (χ2v) is 6.09. The Bertz CT molecular complexity index is 780. The quantitative estimate of drug-likeness (QED) is 0.852. The van der Waals surface area contributed by atoms with Gasteiger partial charge in [0, 0.05) is 6.07 Å². The second kappa shape index (κ2) is 5.66. The van der Waals surface area contributed by atoms with Crippen molar-refractivity contribution >= 4 is 16.0 Å². The van der Waals surface area contributed by atoms with E-state index >= 15 is 0 Å². The number of aryl methyl sites for hydroxylation is 2. The van der Waals surface area contributed by atoms with Crippen LogP contribution in [-0.2, 0) is 21.4 Å². The Balaban J connectivity index is 2.18. The molecule has 0 spiro atoms. The summed E-state index contributed by atoms with van der Waals surface area (Å²) in [6, 6.07) is 5.67. The molecular weight excluding hydrogens is 296 g/mol. The lowest BCUT2D eigenvalue weighted by Crippen LogP contribution is -2.14. The zero-order chi connectivity index (χ0) is 15.6. The molecule has 0 radical (unpaired) electrons. The molecular formula is C13H14N2O5S. The van der Waals surface area contributed by atoms with E-state index in [-0.39, 0.29) is 17.1 Å². The van der Waals surface area contributed by atoms with Crippen LogP contribution in [0.4, 0.5) is 0 Å². The van der Waals surface area contributed by atoms with Gasteiger partial charge in [0.2, 0.25) is 10.0 Å². The molecule has 1 aromatic heterocycles. The zero-order valence-electron chi connectivity index (χ0n) is 11.5. The van der Waals surface area contributed by atoms with Crippen LogP contribution in [-0.4, -0.2) is 19.5 Å². The van der Waals surface area contributed by atoms with Gasteiger partial charge in [0.1, 0.15) is 18.1 Å². The fourth-order valence-corrected chi connectivity index (χ4v) is 2.24. The van der Waals surface area contributed by atoms with Crippen LogP contribution in [0.15, 0.2) is 33.7 Å². The smallest absolute Gasteiger partial charge is 0.338 e. The fourth-order valence-electron chi connectivity index (χ4n) is 1.70. The number of hydrogen-bond donors (Lipinski definition) is 1. The normalized spacial score (nSPS) is 11.4. The van der Waals surface area contributed by atoms with Gasteiger partial charge >= 0.3 is 5.97 Å². The van der Waals surface area contributed by atoms with Crippen LogP contribution >= 0.6 is 0 Å². The molecule has 1 heterocycles. The van der Waals surface area contributed by atoms with Gasteiger partial charge in [-0.15, -0.1) is 0 Å². The highest BCUT2D eigenvalue weighted by Crippen LogP contribution is 2.16. The van der Waals surface area contributed by atoms with Crippen molar-refractivity contribution < 1.29 is 22.5 Å². The van der Waals surface area contributed by atoms with Crippen LogP contribution in [0.2, 0.25) is 0 Å². The number of hydrogen-bond acceptors (Lipinski definition) is 6. The van der Waals surface area contributed by atoms with E-state index < -0.39 is 16.0 Å². The first kappa shape index (κ1) is 15.2. The van der Waals surface area contributed by atoms with E-state index in [0.717, 1.165) is 0 Å². The minimum absolute atomic E-state index is 0.0603. The second-order valence-electron chi connectivity index (χ2n) is 4.53. The summed E-state index contributed by atoms with van der Waals surface area (Å²) in [7, 11) is -3.87. The summed E-state index contributed by atoms with van der Waals surface area (Å²) in [5.74, 6) is -0.0490. The van der Waals surface area contributed by atoms with Crippen LogP contribution in [0.3, 0.4) is 0 Å². The highest BCUT2D eigenvalue weighted by molar-refractivity contribution is 7.89. The van der Waals surface area contributed by atoms with Crippen molar-refractivity contribution in [3.63, 3.8) is 0 Å². The number of carbonyl (C=O) groups is 1. The Hall–Kier alpha value is -2.19. The van der Waals surface area contributed by atoms with Gasteiger partial charge in [0.15, 0.2) is 0 Å². The van der Waals surface area contributed by atoms with E-state index in [0.29, 0.717) is 17.0 Å². The first-order valence-electron chi connectivity index (χ1n) is 6.00. The maximum Gasteiger partial charge on any atom is 0.338 e. The average Bonchev–Trinajstić information content (AvgIpc) is 2.81. The lowest BCUT2D eigenvalue weighted by molar-refractivity contribution is 0.0463. The molecule has 0 aliphatic heterocycles. The molecule has 1 aromatic carbocycles. The first-order chi connectivity index (χ1) is 9.77. The molecule has 0 amide bonds. The topological polar surface area (TPSA) is 112 Å². The maximum absolute atomic E-state index is 12.0. The Morgan fingerprint density at radius 3 is 2.62 bits per heavy atom. The number of sulfonamides is 1. The fraction of sp³-hybridized carbons (Fsp3) is 0.231. The van der Waals surface area contributed by atoms with E-state index in [2.05, 4.69) is 5.16 Å². The Kier molecular flexibility index (Phi) is 4.10. The molecule has 2 N–H and O–H groups in total. The minimum Gasteiger partial charge on any atom is -0.455 e. The number of benzene rings is 1. The van der Waals surface area contributed by atoms with Crippen LogP contribution < -0.4 is 5.14 Å². The van der Waals surface area contributed by atoms with Gasteiger partial charge in [-0.25, -0.2) is 18.4 Å². The SMILES string of the molecule is Cc1cc(COC(=O)c2cc(S(N)(=O)=O)ccc2C)no1. The molecule has 0 aliphatic rings. The van der Waals surface area contributed by atoms with E-state index in [9.17, 15) is 13.2 Å². The summed E-state index contributed by atoms with van der Waals surface area (Å²) in [4.78, 5) is 11.9. The van der Waals surface area contributed by atoms with Crippen molar-refractivity contribution in [1.29, 1.82) is 0 Å². The molecule has 112 valence electrons. The minimum atomic E-state index is -3.87. The Labute approximate surface area is 121 Å². The summed E-state index contributed by atoms with van der Waals surface area (Å²) >= 11 is 0. The summed E-state index contributed by atoms with van der Waals surface area (Å²) in [6.07, 6.45) is 0. The number of ether oxygens (including phenoxy) is 1. The van der Waals surface area contributed by atoms with Crippen molar-refractivity contribution in [1.82, 2.24) is 5.16 Å². The molecule has 0 saturated heterocycles. The standard InChI is InChI=1S/C13H14N2O5S/c1-8-3-4-11(21(14,17)18)6-12(8)13(16)19-7-10-5-9(2)20-15-10/h3-6H,7H2,1-2H3,(H2,14,17,18). The molecule has 21 heavy (non-hydrogen) atoms. The average molecular weight is 310 g/mol. The van der Waals surface area contributed by atoms with Crippen LogP contribution in [0.1, 0.15) is 27.4 Å². The molecule has 8 heteroatoms. The number of aromatic nitrogens is 1. The van der Waals surface area contributed by atoms with E-state index in [4.69, 9.17) is 14.4 Å². The van der Waals surface area contributed by atoms with Gasteiger partial charge in [-0.05, 0) is 31.5 Å². The highest BCUT2D eigenvalue weighted by Gasteiger charge is 2.16. The first-order valence-corrected chi connectivity index (χ1v) is 7.55. The summed E-state index contributed by atoms with van der Waals surface area (Å²) in [5.41, 5.74) is 1.20. The van der Waals surface area contributed by atoms with Gasteiger partial charge in [-0.1, -0.05) is 11.2 Å². The number of rotatable bonds is 4. The van der Waals surface area contributed by atoms with Crippen molar-refractivity contribution in [2.24, 2.45) is 5.14 Å². The molecule has 0 bridgehead atoms. The van der Waals surface area contributed by atoms with Crippen molar-refractivity contribution in [2.45, 2.75) is 25.3 Å². The monoisotopic (exact) mass is 310 g/mol. The Morgan fingerprint density at radius 1 is 1.33 bits per heavy atom. The van der Waals surface area contributed by atoms with Crippen LogP contribution in [0.5, 0.6) is 0 Å². The number of nitrogens with two attached hydrogens (primary N) is 1. The molecule has 2 aromatic rings. The van der Waals surface area contributed by atoms with Gasteiger partial charge in [-0.2, -0.15) is 0 Å². The zero-order valence-corrected chi connectivity index (χ0v) is 12.3. The van der Waals surface area contributed by atoms with Gasteiger partial charge in [0.05, 0.1) is 10.5 Å². The molecule has 7 nitrogen and oxygen atoms in total. The molecule has 0 unspecified atom stereocenters. The number of primary sulfonamides is 1. The number of esters is 1. The lowest BCUT2D eigenvalue weighted by Gasteiger charge is -2.07. The van der Waals surface area contributed by atoms with Gasteiger partial charge < -0.3 is 9.26 Å². The van der Waals surface area contributed by atoms with Gasteiger partial charge in [0.25, 0.3) is 0 Å². The number of nitrogens with zero attached hydrogens (tertiary/aromatic N) is 1. The summed E-state index contributed by atoms with van der Waals surface area (Å²) < 4.78 is 32.5.